The standard InChI is InChI=1S/C7H6ClN3O/c1-12-7-6-9-2-3-11(6)4-5(8)10-7/h2-4H,1H3. The monoisotopic (exact) mass is 183 g/mol. The Morgan fingerprint density at radius 1 is 1.58 bits per heavy atom. The summed E-state index contributed by atoms with van der Waals surface area (Å²) in [5, 5.41) is 0.386. The quantitative estimate of drug-likeness (QED) is 0.671. The Morgan fingerprint density at radius 2 is 2.42 bits per heavy atom. The second-order valence-electron chi connectivity index (χ2n) is 2.23. The summed E-state index contributed by atoms with van der Waals surface area (Å²) in [5.74, 6) is 0.438. The fourth-order valence-corrected chi connectivity index (χ4v) is 1.19. The number of imidazole rings is 1. The van der Waals surface area contributed by atoms with Gasteiger partial charge < -0.3 is 4.74 Å². The van der Waals surface area contributed by atoms with Crippen LogP contribution in [0.3, 0.4) is 0 Å². The second kappa shape index (κ2) is 2.64. The molecule has 0 aliphatic carbocycles. The van der Waals surface area contributed by atoms with Crippen LogP contribution in [-0.4, -0.2) is 21.5 Å². The highest BCUT2D eigenvalue weighted by Crippen LogP contribution is 2.17. The van der Waals surface area contributed by atoms with Crippen LogP contribution in [0.25, 0.3) is 5.65 Å². The van der Waals surface area contributed by atoms with E-state index < -0.39 is 0 Å². The average Bonchev–Trinajstić information content (AvgIpc) is 2.50. The fourth-order valence-electron chi connectivity index (χ4n) is 1.01. The van der Waals surface area contributed by atoms with Crippen LogP contribution in [0, 0.1) is 0 Å². The molecule has 0 amide bonds. The normalized spacial score (nSPS) is 10.5. The molecule has 0 N–H and O–H groups in total. The molecule has 62 valence electrons. The second-order valence-corrected chi connectivity index (χ2v) is 2.62. The third kappa shape index (κ3) is 1.00. The Hall–Kier alpha value is -1.29. The van der Waals surface area contributed by atoms with Crippen molar-refractivity contribution in [2.24, 2.45) is 0 Å². The zero-order valence-electron chi connectivity index (χ0n) is 6.36. The van der Waals surface area contributed by atoms with E-state index in [1.165, 1.54) is 7.11 Å². The lowest BCUT2D eigenvalue weighted by Gasteiger charge is -2.00. The van der Waals surface area contributed by atoms with Crippen molar-refractivity contribution in [3.05, 3.63) is 23.7 Å². The van der Waals surface area contributed by atoms with Gasteiger partial charge in [0.1, 0.15) is 5.15 Å². The van der Waals surface area contributed by atoms with E-state index in [0.717, 1.165) is 0 Å². The van der Waals surface area contributed by atoms with E-state index in [1.807, 2.05) is 0 Å². The molecule has 0 aromatic carbocycles. The van der Waals surface area contributed by atoms with Crippen molar-refractivity contribution < 1.29 is 4.74 Å². The summed E-state index contributed by atoms with van der Waals surface area (Å²) in [6.07, 6.45) is 5.12. The van der Waals surface area contributed by atoms with Crippen molar-refractivity contribution in [3.63, 3.8) is 0 Å². The molecular weight excluding hydrogens is 178 g/mol. The van der Waals surface area contributed by atoms with E-state index in [4.69, 9.17) is 16.3 Å². The minimum absolute atomic E-state index is 0.386. The number of nitrogens with zero attached hydrogens (tertiary/aromatic N) is 3. The summed E-state index contributed by atoms with van der Waals surface area (Å²) >= 11 is 5.72. The molecule has 4 nitrogen and oxygen atoms in total. The van der Waals surface area contributed by atoms with Crippen molar-refractivity contribution in [2.75, 3.05) is 7.11 Å². The third-order valence-electron chi connectivity index (χ3n) is 1.51. The summed E-state index contributed by atoms with van der Waals surface area (Å²) in [4.78, 5) is 8.00. The maximum atomic E-state index is 5.72. The Balaban J connectivity index is 2.80. The number of fused-ring (bicyclic) bond motifs is 1. The van der Waals surface area contributed by atoms with Gasteiger partial charge in [0, 0.05) is 18.6 Å². The Labute approximate surface area is 73.8 Å². The van der Waals surface area contributed by atoms with Gasteiger partial charge >= 0.3 is 0 Å². The fraction of sp³-hybridized carbons (Fsp3) is 0.143. The number of hydrogen-bond donors (Lipinski definition) is 0. The van der Waals surface area contributed by atoms with Crippen molar-refractivity contribution in [1.82, 2.24) is 14.4 Å². The largest absolute Gasteiger partial charge is 0.478 e. The predicted molar refractivity (Wildman–Crippen MR) is 44.5 cm³/mol. The molecular formula is C7H6ClN3O. The maximum absolute atomic E-state index is 5.72. The number of ether oxygens (including phenoxy) is 1. The maximum Gasteiger partial charge on any atom is 0.259 e. The van der Waals surface area contributed by atoms with Crippen LogP contribution < -0.4 is 4.74 Å². The van der Waals surface area contributed by atoms with Crippen molar-refractivity contribution in [1.29, 1.82) is 0 Å². The number of hydrogen-bond acceptors (Lipinski definition) is 3. The van der Waals surface area contributed by atoms with Crippen LogP contribution in [0.4, 0.5) is 0 Å². The van der Waals surface area contributed by atoms with Gasteiger partial charge in [-0.25, -0.2) is 4.98 Å². The van der Waals surface area contributed by atoms with E-state index in [2.05, 4.69) is 9.97 Å². The highest BCUT2D eigenvalue weighted by atomic mass is 35.5. The molecule has 0 aliphatic rings. The molecule has 2 aromatic heterocycles. The van der Waals surface area contributed by atoms with Crippen molar-refractivity contribution in [2.45, 2.75) is 0 Å². The summed E-state index contributed by atoms with van der Waals surface area (Å²) in [6.45, 7) is 0. The Kier molecular flexibility index (Phi) is 1.62. The first-order valence-corrected chi connectivity index (χ1v) is 3.72. The van der Waals surface area contributed by atoms with Crippen LogP contribution in [-0.2, 0) is 0 Å². The molecule has 12 heavy (non-hydrogen) atoms. The van der Waals surface area contributed by atoms with Crippen molar-refractivity contribution >= 4 is 17.2 Å². The average molecular weight is 184 g/mol. The zero-order chi connectivity index (χ0) is 8.55. The van der Waals surface area contributed by atoms with E-state index in [1.54, 1.807) is 23.0 Å². The minimum atomic E-state index is 0.386. The molecule has 5 heteroatoms. The predicted octanol–water partition coefficient (Wildman–Crippen LogP) is 1.39. The van der Waals surface area contributed by atoms with Gasteiger partial charge in [0.05, 0.1) is 7.11 Å². The van der Waals surface area contributed by atoms with Gasteiger partial charge in [0.2, 0.25) is 5.65 Å². The molecule has 2 rings (SSSR count). The third-order valence-corrected chi connectivity index (χ3v) is 1.69. The van der Waals surface area contributed by atoms with E-state index >= 15 is 0 Å². The van der Waals surface area contributed by atoms with Crippen LogP contribution in [0.2, 0.25) is 5.15 Å². The lowest BCUT2D eigenvalue weighted by Crippen LogP contribution is -1.93. The molecule has 0 saturated heterocycles. The molecule has 0 saturated carbocycles. The summed E-state index contributed by atoms with van der Waals surface area (Å²) in [6, 6.07) is 0. The molecule has 0 radical (unpaired) electrons. The molecule has 0 aliphatic heterocycles. The van der Waals surface area contributed by atoms with Gasteiger partial charge in [-0.05, 0) is 0 Å². The molecule has 0 fully saturated rings. The van der Waals surface area contributed by atoms with Crippen LogP contribution in [0.5, 0.6) is 5.88 Å². The smallest absolute Gasteiger partial charge is 0.259 e. The van der Waals surface area contributed by atoms with E-state index in [0.29, 0.717) is 16.7 Å². The zero-order valence-corrected chi connectivity index (χ0v) is 7.12. The number of rotatable bonds is 1. The lowest BCUT2D eigenvalue weighted by atomic mass is 10.6. The molecule has 2 aromatic rings. The first-order chi connectivity index (χ1) is 5.81. The molecule has 2 heterocycles. The Bertz CT molecular complexity index is 412. The number of aromatic nitrogens is 3. The van der Waals surface area contributed by atoms with Gasteiger partial charge in [-0.15, -0.1) is 0 Å². The first kappa shape index (κ1) is 7.36. The number of methoxy groups -OCH3 is 1. The summed E-state index contributed by atoms with van der Waals surface area (Å²) in [5.41, 5.74) is 0.668. The highest BCUT2D eigenvalue weighted by molar-refractivity contribution is 6.29. The van der Waals surface area contributed by atoms with Gasteiger partial charge in [-0.3, -0.25) is 4.40 Å². The minimum Gasteiger partial charge on any atom is -0.478 e. The van der Waals surface area contributed by atoms with Crippen molar-refractivity contribution in [3.8, 4) is 5.88 Å². The molecule has 0 bridgehead atoms. The first-order valence-electron chi connectivity index (χ1n) is 3.34. The summed E-state index contributed by atoms with van der Waals surface area (Å²) < 4.78 is 6.75. The van der Waals surface area contributed by atoms with Gasteiger partial charge in [0.15, 0.2) is 0 Å². The van der Waals surface area contributed by atoms with Crippen LogP contribution >= 0.6 is 11.6 Å². The van der Waals surface area contributed by atoms with Gasteiger partial charge in [0.25, 0.3) is 5.88 Å². The number of halogens is 1. The molecule has 0 spiro atoms. The van der Waals surface area contributed by atoms with Crippen LogP contribution in [0.15, 0.2) is 18.6 Å². The topological polar surface area (TPSA) is 39.4 Å². The summed E-state index contributed by atoms with van der Waals surface area (Å²) in [7, 11) is 1.54. The van der Waals surface area contributed by atoms with Gasteiger partial charge in [-0.2, -0.15) is 4.98 Å². The van der Waals surface area contributed by atoms with E-state index in [-0.39, 0.29) is 0 Å². The lowest BCUT2D eigenvalue weighted by molar-refractivity contribution is 0.400. The highest BCUT2D eigenvalue weighted by Gasteiger charge is 2.05. The van der Waals surface area contributed by atoms with Gasteiger partial charge in [-0.1, -0.05) is 11.6 Å². The Morgan fingerprint density at radius 3 is 3.17 bits per heavy atom. The van der Waals surface area contributed by atoms with E-state index in [9.17, 15) is 0 Å². The molecule has 0 atom stereocenters. The molecule has 0 unspecified atom stereocenters. The SMILES string of the molecule is COc1nc(Cl)cn2ccnc12. The van der Waals surface area contributed by atoms with Crippen LogP contribution in [0.1, 0.15) is 0 Å².